The van der Waals surface area contributed by atoms with E-state index >= 15 is 0 Å². The second-order valence-corrected chi connectivity index (χ2v) is 11.0. The molecule has 1 aliphatic heterocycles. The lowest BCUT2D eigenvalue weighted by Gasteiger charge is -2.31. The van der Waals surface area contributed by atoms with Gasteiger partial charge in [0.25, 0.3) is 0 Å². The van der Waals surface area contributed by atoms with Gasteiger partial charge in [-0.3, -0.25) is 4.79 Å². The average molecular weight is 627 g/mol. The molecular formula is C29H36F6N8O. The number of alkyl halides is 6. The molecule has 2 heterocycles. The number of anilines is 2. The van der Waals surface area contributed by atoms with Crippen molar-refractivity contribution >= 4 is 23.4 Å². The molecule has 15 heteroatoms. The van der Waals surface area contributed by atoms with Crippen LogP contribution in [-0.4, -0.2) is 48.4 Å². The number of halogens is 6. The molecule has 0 atom stereocenters. The van der Waals surface area contributed by atoms with E-state index in [1.165, 1.54) is 11.9 Å². The molecule has 1 saturated carbocycles. The summed E-state index contributed by atoms with van der Waals surface area (Å²) in [5, 5.41) is 10.9. The number of aromatic nitrogens is 1. The average Bonchev–Trinajstić information content (AvgIpc) is 3.65. The number of hydrogen-bond donors (Lipinski definition) is 1. The summed E-state index contributed by atoms with van der Waals surface area (Å²) >= 11 is 0. The molecule has 2 fully saturated rings. The molecule has 9 nitrogen and oxygen atoms in total. The summed E-state index contributed by atoms with van der Waals surface area (Å²) < 4.78 is 81.7. The maximum absolute atomic E-state index is 13.6. The molecule has 1 amide bonds. The summed E-state index contributed by atoms with van der Waals surface area (Å²) in [6, 6.07) is 3.18. The molecule has 0 bridgehead atoms. The summed E-state index contributed by atoms with van der Waals surface area (Å²) in [6.45, 7) is 3.28. The minimum atomic E-state index is -5.01. The highest BCUT2D eigenvalue weighted by atomic mass is 19.4. The molecule has 1 saturated heterocycles. The zero-order chi connectivity index (χ0) is 32.1. The second kappa shape index (κ2) is 13.8. The van der Waals surface area contributed by atoms with Crippen LogP contribution in [0.15, 0.2) is 45.9 Å². The van der Waals surface area contributed by atoms with Crippen LogP contribution in [0.2, 0.25) is 0 Å². The van der Waals surface area contributed by atoms with Gasteiger partial charge in [-0.05, 0) is 67.2 Å². The summed E-state index contributed by atoms with van der Waals surface area (Å²) in [7, 11) is 1.34. The number of nitrogens with zero attached hydrogens (tertiary/aromatic N) is 7. The molecule has 240 valence electrons. The van der Waals surface area contributed by atoms with Crippen LogP contribution in [0.1, 0.15) is 67.7 Å². The number of benzene rings is 1. The Kier molecular flexibility index (Phi) is 10.4. The van der Waals surface area contributed by atoms with Gasteiger partial charge in [0.1, 0.15) is 5.82 Å². The Hall–Kier alpha value is -3.91. The minimum absolute atomic E-state index is 0.0614. The van der Waals surface area contributed by atoms with Crippen LogP contribution < -0.4 is 15.5 Å². The summed E-state index contributed by atoms with van der Waals surface area (Å²) in [5.74, 6) is 0.718. The van der Waals surface area contributed by atoms with Crippen molar-refractivity contribution in [3.63, 3.8) is 0 Å². The van der Waals surface area contributed by atoms with Gasteiger partial charge in [0.05, 0.1) is 30.1 Å². The van der Waals surface area contributed by atoms with Crippen molar-refractivity contribution in [1.82, 2.24) is 9.88 Å². The van der Waals surface area contributed by atoms with Gasteiger partial charge < -0.3 is 20.4 Å². The molecular weight excluding hydrogens is 590 g/mol. The standard InChI is InChI=1S/C29H36F6N8O/c1-3-41(16-19-7-4-5-8-19)26-21(13-24(15-38-26)43-10-6-9-25(43)44)18-42(27(36)39-40-37-2)17-20-11-22(28(30,31)32)14-23(12-20)29(33,34)35/h11-15,19H,3-10,16-18H2,1-2H3,(H2,36,37,39). The number of hydrogen-bond acceptors (Lipinski definition) is 5. The Balaban J connectivity index is 1.78. The quantitative estimate of drug-likeness (QED) is 0.106. The van der Waals surface area contributed by atoms with E-state index in [9.17, 15) is 31.1 Å². The number of carbonyl (C=O) groups is 1. The van der Waals surface area contributed by atoms with Crippen LogP contribution in [0.4, 0.5) is 37.8 Å². The van der Waals surface area contributed by atoms with Crippen LogP contribution in [0.25, 0.3) is 0 Å². The molecule has 0 spiro atoms. The molecule has 2 aliphatic rings. The molecule has 0 radical (unpaired) electrons. The molecule has 1 aliphatic carbocycles. The Morgan fingerprint density at radius 3 is 2.23 bits per heavy atom. The Bertz CT molecular complexity index is 1340. The van der Waals surface area contributed by atoms with Gasteiger partial charge >= 0.3 is 12.4 Å². The summed E-state index contributed by atoms with van der Waals surface area (Å²) in [6.07, 6.45) is -2.87. The highest BCUT2D eigenvalue weighted by Crippen LogP contribution is 2.37. The lowest BCUT2D eigenvalue weighted by molar-refractivity contribution is -0.143. The van der Waals surface area contributed by atoms with E-state index in [-0.39, 0.29) is 30.0 Å². The maximum atomic E-state index is 13.6. The normalized spacial score (nSPS) is 16.9. The molecule has 2 N–H and O–H groups in total. The van der Waals surface area contributed by atoms with Crippen molar-refractivity contribution in [1.29, 1.82) is 0 Å². The molecule has 1 aromatic heterocycles. The van der Waals surface area contributed by atoms with Gasteiger partial charge in [0, 0.05) is 44.7 Å². The zero-order valence-electron chi connectivity index (χ0n) is 24.6. The van der Waals surface area contributed by atoms with Crippen LogP contribution in [0.5, 0.6) is 0 Å². The SMILES string of the molecule is CCN(CC1CCCC1)c1ncc(N2CCCC2=O)cc1CN(Cc1cc(C(F)(F)F)cc(C(F)(F)F)c1)/C(N)=N/N=NC. The fourth-order valence-electron chi connectivity index (χ4n) is 5.74. The van der Waals surface area contributed by atoms with Crippen LogP contribution in [0, 0.1) is 5.92 Å². The highest BCUT2D eigenvalue weighted by molar-refractivity contribution is 5.95. The predicted octanol–water partition coefficient (Wildman–Crippen LogP) is 6.58. The summed E-state index contributed by atoms with van der Waals surface area (Å²) in [4.78, 5) is 22.3. The van der Waals surface area contributed by atoms with E-state index in [0.29, 0.717) is 61.1 Å². The van der Waals surface area contributed by atoms with E-state index in [0.717, 1.165) is 32.2 Å². The molecule has 1 aromatic carbocycles. The molecule has 0 unspecified atom stereocenters. The third kappa shape index (κ3) is 8.17. The number of amides is 1. The van der Waals surface area contributed by atoms with Crippen molar-refractivity contribution in [2.45, 2.75) is 70.9 Å². The number of guanidine groups is 1. The van der Waals surface area contributed by atoms with E-state index in [1.54, 1.807) is 17.2 Å². The third-order valence-corrected chi connectivity index (χ3v) is 7.89. The number of rotatable bonds is 10. The van der Waals surface area contributed by atoms with Gasteiger partial charge in [0.15, 0.2) is 0 Å². The highest BCUT2D eigenvalue weighted by Gasteiger charge is 2.37. The topological polar surface area (TPSA) is 103 Å². The van der Waals surface area contributed by atoms with Crippen LogP contribution >= 0.6 is 0 Å². The van der Waals surface area contributed by atoms with Crippen LogP contribution in [0.3, 0.4) is 0 Å². The zero-order valence-corrected chi connectivity index (χ0v) is 24.6. The summed E-state index contributed by atoms with van der Waals surface area (Å²) in [5.41, 5.74) is 4.18. The Labute approximate surface area is 251 Å². The number of carbonyl (C=O) groups excluding carboxylic acids is 1. The minimum Gasteiger partial charge on any atom is -0.368 e. The van der Waals surface area contributed by atoms with E-state index in [2.05, 4.69) is 20.3 Å². The van der Waals surface area contributed by atoms with Crippen molar-refractivity contribution in [3.8, 4) is 0 Å². The maximum Gasteiger partial charge on any atom is 0.416 e. The van der Waals surface area contributed by atoms with E-state index < -0.39 is 30.0 Å². The second-order valence-electron chi connectivity index (χ2n) is 11.0. The van der Waals surface area contributed by atoms with Crippen molar-refractivity contribution in [2.75, 3.05) is 36.5 Å². The largest absolute Gasteiger partial charge is 0.416 e. The molecule has 2 aromatic rings. The number of nitrogens with two attached hydrogens (primary N) is 1. The lowest BCUT2D eigenvalue weighted by atomic mass is 10.0. The molecule has 4 rings (SSSR count). The van der Waals surface area contributed by atoms with Crippen LogP contribution in [-0.2, 0) is 30.2 Å². The van der Waals surface area contributed by atoms with E-state index in [1.807, 2.05) is 6.92 Å². The number of pyridine rings is 1. The monoisotopic (exact) mass is 626 g/mol. The van der Waals surface area contributed by atoms with Crippen molar-refractivity contribution in [2.24, 2.45) is 27.1 Å². The predicted molar refractivity (Wildman–Crippen MR) is 154 cm³/mol. The van der Waals surface area contributed by atoms with E-state index in [4.69, 9.17) is 10.7 Å². The van der Waals surface area contributed by atoms with Crippen molar-refractivity contribution < 1.29 is 31.1 Å². The fraction of sp³-hybridized carbons (Fsp3) is 0.552. The molecule has 44 heavy (non-hydrogen) atoms. The first-order chi connectivity index (χ1) is 20.8. The first-order valence-corrected chi connectivity index (χ1v) is 14.5. The fourth-order valence-corrected chi connectivity index (χ4v) is 5.74. The smallest absolute Gasteiger partial charge is 0.368 e. The van der Waals surface area contributed by atoms with Gasteiger partial charge in [0.2, 0.25) is 11.9 Å². The Morgan fingerprint density at radius 2 is 1.68 bits per heavy atom. The van der Waals surface area contributed by atoms with Gasteiger partial charge in [-0.2, -0.15) is 31.5 Å². The first-order valence-electron chi connectivity index (χ1n) is 14.5. The van der Waals surface area contributed by atoms with Crippen molar-refractivity contribution in [3.05, 3.63) is 52.7 Å². The first kappa shape index (κ1) is 33.0. The van der Waals surface area contributed by atoms with Gasteiger partial charge in [-0.1, -0.05) is 17.9 Å². The van der Waals surface area contributed by atoms with Gasteiger partial charge in [-0.15, -0.1) is 0 Å². The lowest BCUT2D eigenvalue weighted by Crippen LogP contribution is -2.38. The van der Waals surface area contributed by atoms with Gasteiger partial charge in [-0.25, -0.2) is 4.98 Å². The Morgan fingerprint density at radius 1 is 1.02 bits per heavy atom. The third-order valence-electron chi connectivity index (χ3n) is 7.89.